The van der Waals surface area contributed by atoms with Gasteiger partial charge in [0, 0.05) is 12.3 Å². The van der Waals surface area contributed by atoms with E-state index in [1.807, 2.05) is 24.3 Å². The van der Waals surface area contributed by atoms with Crippen molar-refractivity contribution in [3.05, 3.63) is 28.7 Å². The number of para-hydroxylation sites is 1. The fourth-order valence-corrected chi connectivity index (χ4v) is 2.29. The van der Waals surface area contributed by atoms with Crippen molar-refractivity contribution in [1.29, 1.82) is 0 Å². The van der Waals surface area contributed by atoms with Crippen LogP contribution in [0.15, 0.2) is 28.7 Å². The first-order valence-corrected chi connectivity index (χ1v) is 6.60. The normalized spacial score (nSPS) is 19.4. The second-order valence-electron chi connectivity index (χ2n) is 4.27. The summed E-state index contributed by atoms with van der Waals surface area (Å²) < 4.78 is 6.40. The number of carbonyl (C=O) groups excluding carboxylic acids is 2. The topological polar surface area (TPSA) is 46.6 Å². The zero-order valence-electron chi connectivity index (χ0n) is 10.1. The van der Waals surface area contributed by atoms with Gasteiger partial charge in [-0.3, -0.25) is 14.5 Å². The summed E-state index contributed by atoms with van der Waals surface area (Å²) in [6.07, 6.45) is 0.313. The summed E-state index contributed by atoms with van der Waals surface area (Å²) in [5.74, 6) is 0.310. The number of imide groups is 1. The Kier molecular flexibility index (Phi) is 4.01. The van der Waals surface area contributed by atoms with Crippen LogP contribution in [-0.4, -0.2) is 29.9 Å². The molecule has 0 aliphatic carbocycles. The maximum atomic E-state index is 11.7. The molecule has 0 spiro atoms. The quantitative estimate of drug-likeness (QED) is 0.801. The molecule has 5 heteroatoms. The number of benzene rings is 1. The predicted molar refractivity (Wildman–Crippen MR) is 70.1 cm³/mol. The standard InChI is InChI=1S/C13H14BrNO3/c1-9-8-12(16)15(13(9)17)6-7-18-11-5-3-2-4-10(11)14/h2-5,9H,6-8H2,1H3/t9-/m0/s1. The van der Waals surface area contributed by atoms with Gasteiger partial charge in [-0.25, -0.2) is 0 Å². The minimum Gasteiger partial charge on any atom is -0.491 e. The van der Waals surface area contributed by atoms with Gasteiger partial charge < -0.3 is 4.74 Å². The van der Waals surface area contributed by atoms with Crippen molar-refractivity contribution in [3.63, 3.8) is 0 Å². The van der Waals surface area contributed by atoms with Crippen LogP contribution in [0.2, 0.25) is 0 Å². The van der Waals surface area contributed by atoms with Gasteiger partial charge >= 0.3 is 0 Å². The first-order valence-electron chi connectivity index (χ1n) is 5.81. The summed E-state index contributed by atoms with van der Waals surface area (Å²) in [4.78, 5) is 24.5. The van der Waals surface area contributed by atoms with Gasteiger partial charge in [-0.1, -0.05) is 19.1 Å². The molecular weight excluding hydrogens is 298 g/mol. The summed E-state index contributed by atoms with van der Waals surface area (Å²) in [5.41, 5.74) is 0. The molecule has 0 radical (unpaired) electrons. The molecule has 1 aliphatic heterocycles. The molecule has 0 saturated carbocycles. The highest BCUT2D eigenvalue weighted by Crippen LogP contribution is 2.24. The van der Waals surface area contributed by atoms with Crippen molar-refractivity contribution in [3.8, 4) is 5.75 Å². The van der Waals surface area contributed by atoms with Crippen LogP contribution in [0.4, 0.5) is 0 Å². The Morgan fingerprint density at radius 2 is 2.11 bits per heavy atom. The predicted octanol–water partition coefficient (Wildman–Crippen LogP) is 2.22. The lowest BCUT2D eigenvalue weighted by molar-refractivity contribution is -0.139. The summed E-state index contributed by atoms with van der Waals surface area (Å²) in [6.45, 7) is 2.39. The van der Waals surface area contributed by atoms with Crippen molar-refractivity contribution in [1.82, 2.24) is 4.90 Å². The Morgan fingerprint density at radius 1 is 1.39 bits per heavy atom. The van der Waals surface area contributed by atoms with E-state index >= 15 is 0 Å². The number of hydrogen-bond acceptors (Lipinski definition) is 3. The van der Waals surface area contributed by atoms with E-state index < -0.39 is 0 Å². The molecule has 4 nitrogen and oxygen atoms in total. The smallest absolute Gasteiger partial charge is 0.232 e. The minimum atomic E-state index is -0.194. The van der Waals surface area contributed by atoms with Crippen LogP contribution in [-0.2, 0) is 9.59 Å². The lowest BCUT2D eigenvalue weighted by atomic mass is 10.1. The Balaban J connectivity index is 1.88. The van der Waals surface area contributed by atoms with Crippen LogP contribution in [0.1, 0.15) is 13.3 Å². The molecule has 1 fully saturated rings. The largest absolute Gasteiger partial charge is 0.491 e. The maximum absolute atomic E-state index is 11.7. The highest BCUT2D eigenvalue weighted by atomic mass is 79.9. The third kappa shape index (κ3) is 2.72. The maximum Gasteiger partial charge on any atom is 0.232 e. The van der Waals surface area contributed by atoms with Gasteiger partial charge in [-0.2, -0.15) is 0 Å². The second-order valence-corrected chi connectivity index (χ2v) is 5.12. The fraction of sp³-hybridized carbons (Fsp3) is 0.385. The third-order valence-electron chi connectivity index (χ3n) is 2.88. The molecule has 1 heterocycles. The molecule has 2 rings (SSSR count). The molecule has 1 saturated heterocycles. The molecular formula is C13H14BrNO3. The zero-order valence-corrected chi connectivity index (χ0v) is 11.6. The zero-order chi connectivity index (χ0) is 13.1. The van der Waals surface area contributed by atoms with Crippen molar-refractivity contribution in [2.24, 2.45) is 5.92 Å². The fourth-order valence-electron chi connectivity index (χ4n) is 1.89. The lowest BCUT2D eigenvalue weighted by Crippen LogP contribution is -2.34. The molecule has 1 atom stereocenters. The van der Waals surface area contributed by atoms with Crippen LogP contribution in [0, 0.1) is 5.92 Å². The number of carbonyl (C=O) groups is 2. The van der Waals surface area contributed by atoms with E-state index in [9.17, 15) is 9.59 Å². The van der Waals surface area contributed by atoms with Gasteiger partial charge in [-0.05, 0) is 28.1 Å². The molecule has 18 heavy (non-hydrogen) atoms. The Hall–Kier alpha value is -1.36. The van der Waals surface area contributed by atoms with Crippen molar-refractivity contribution in [2.75, 3.05) is 13.2 Å². The number of hydrogen-bond donors (Lipinski definition) is 0. The average Bonchev–Trinajstić information content (AvgIpc) is 2.58. The summed E-state index contributed by atoms with van der Waals surface area (Å²) in [6, 6.07) is 7.48. The van der Waals surface area contributed by atoms with Crippen LogP contribution in [0.3, 0.4) is 0 Å². The molecule has 1 aromatic carbocycles. The van der Waals surface area contributed by atoms with Crippen LogP contribution in [0.5, 0.6) is 5.75 Å². The van der Waals surface area contributed by atoms with Gasteiger partial charge in [0.15, 0.2) is 0 Å². The Morgan fingerprint density at radius 3 is 2.72 bits per heavy atom. The van der Waals surface area contributed by atoms with Crippen LogP contribution in [0.25, 0.3) is 0 Å². The van der Waals surface area contributed by atoms with Crippen molar-refractivity contribution in [2.45, 2.75) is 13.3 Å². The van der Waals surface area contributed by atoms with Gasteiger partial charge in [0.1, 0.15) is 12.4 Å². The highest BCUT2D eigenvalue weighted by Gasteiger charge is 2.35. The molecule has 0 N–H and O–H groups in total. The molecule has 1 aliphatic rings. The summed E-state index contributed by atoms with van der Waals surface area (Å²) >= 11 is 3.37. The van der Waals surface area contributed by atoms with Gasteiger partial charge in [0.25, 0.3) is 0 Å². The monoisotopic (exact) mass is 311 g/mol. The van der Waals surface area contributed by atoms with E-state index in [0.717, 1.165) is 4.47 Å². The second kappa shape index (κ2) is 5.52. The molecule has 0 aromatic heterocycles. The lowest BCUT2D eigenvalue weighted by Gasteiger charge is -2.15. The first kappa shape index (κ1) is 13.1. The van der Waals surface area contributed by atoms with E-state index in [-0.39, 0.29) is 17.7 Å². The molecule has 1 aromatic rings. The van der Waals surface area contributed by atoms with Crippen LogP contribution < -0.4 is 4.74 Å². The van der Waals surface area contributed by atoms with E-state index in [2.05, 4.69) is 15.9 Å². The highest BCUT2D eigenvalue weighted by molar-refractivity contribution is 9.10. The number of amides is 2. The number of likely N-dealkylation sites (tertiary alicyclic amines) is 1. The SMILES string of the molecule is C[C@H]1CC(=O)N(CCOc2ccccc2Br)C1=O. The van der Waals surface area contributed by atoms with Crippen LogP contribution >= 0.6 is 15.9 Å². The molecule has 0 unspecified atom stereocenters. The average molecular weight is 312 g/mol. The molecule has 96 valence electrons. The number of rotatable bonds is 4. The first-order chi connectivity index (χ1) is 8.59. The van der Waals surface area contributed by atoms with Gasteiger partial charge in [0.2, 0.25) is 11.8 Å². The van der Waals surface area contributed by atoms with E-state index in [1.54, 1.807) is 6.92 Å². The number of halogens is 1. The van der Waals surface area contributed by atoms with Crippen molar-refractivity contribution < 1.29 is 14.3 Å². The van der Waals surface area contributed by atoms with E-state index in [0.29, 0.717) is 25.3 Å². The minimum absolute atomic E-state index is 0.101. The van der Waals surface area contributed by atoms with E-state index in [1.165, 1.54) is 4.90 Å². The number of ether oxygens (including phenoxy) is 1. The molecule has 0 bridgehead atoms. The third-order valence-corrected chi connectivity index (χ3v) is 3.53. The van der Waals surface area contributed by atoms with E-state index in [4.69, 9.17) is 4.74 Å². The summed E-state index contributed by atoms with van der Waals surface area (Å²) in [7, 11) is 0. The van der Waals surface area contributed by atoms with Gasteiger partial charge in [0.05, 0.1) is 11.0 Å². The Labute approximate surface area is 114 Å². The number of nitrogens with zero attached hydrogens (tertiary/aromatic N) is 1. The van der Waals surface area contributed by atoms with Crippen molar-refractivity contribution >= 4 is 27.7 Å². The van der Waals surface area contributed by atoms with Gasteiger partial charge in [-0.15, -0.1) is 0 Å². The summed E-state index contributed by atoms with van der Waals surface area (Å²) in [5, 5.41) is 0. The Bertz CT molecular complexity index is 475. The molecule has 2 amide bonds.